The minimum absolute atomic E-state index is 0.102. The van der Waals surface area contributed by atoms with Crippen LogP contribution in [0.1, 0.15) is 38.2 Å². The van der Waals surface area contributed by atoms with E-state index in [1.165, 1.54) is 23.8 Å². The average Bonchev–Trinajstić information content (AvgIpc) is 2.87. The summed E-state index contributed by atoms with van der Waals surface area (Å²) in [6.45, 7) is 2.23. The summed E-state index contributed by atoms with van der Waals surface area (Å²) in [7, 11) is 0. The Morgan fingerprint density at radius 2 is 1.95 bits per heavy atom. The zero-order valence-corrected chi connectivity index (χ0v) is 11.5. The maximum Gasteiger partial charge on any atom is 0.0704 e. The number of hydrogen-bond acceptors (Lipinski definition) is 2. The second-order valence-electron chi connectivity index (χ2n) is 6.07. The molecular weight excluding hydrogens is 234 g/mol. The van der Waals surface area contributed by atoms with E-state index in [9.17, 15) is 5.11 Å². The van der Waals surface area contributed by atoms with Gasteiger partial charge >= 0.3 is 0 Å². The van der Waals surface area contributed by atoms with Gasteiger partial charge in [-0.15, -0.1) is 0 Å². The van der Waals surface area contributed by atoms with Crippen molar-refractivity contribution in [1.82, 2.24) is 4.98 Å². The molecule has 1 N–H and O–H groups in total. The lowest BCUT2D eigenvalue weighted by Crippen LogP contribution is -2.31. The predicted octanol–water partition coefficient (Wildman–Crippen LogP) is 3.72. The maximum absolute atomic E-state index is 10.6. The van der Waals surface area contributed by atoms with Gasteiger partial charge < -0.3 is 5.11 Å². The molecule has 1 fully saturated rings. The van der Waals surface area contributed by atoms with Crippen LogP contribution in [0.2, 0.25) is 0 Å². The zero-order chi connectivity index (χ0) is 13.3. The molecule has 19 heavy (non-hydrogen) atoms. The molecule has 2 heteroatoms. The van der Waals surface area contributed by atoms with Crippen molar-refractivity contribution in [2.24, 2.45) is 5.41 Å². The van der Waals surface area contributed by atoms with Crippen molar-refractivity contribution in [2.75, 3.05) is 0 Å². The Bertz CT molecular complexity index is 567. The van der Waals surface area contributed by atoms with Crippen LogP contribution >= 0.6 is 0 Å². The van der Waals surface area contributed by atoms with Gasteiger partial charge in [0.15, 0.2) is 0 Å². The lowest BCUT2D eigenvalue weighted by molar-refractivity contribution is 0.0426. The molecule has 1 atom stereocenters. The van der Waals surface area contributed by atoms with Crippen molar-refractivity contribution >= 4 is 10.9 Å². The first-order chi connectivity index (χ1) is 9.19. The van der Waals surface area contributed by atoms with E-state index in [2.05, 4.69) is 18.0 Å². The largest absolute Gasteiger partial charge is 0.392 e. The van der Waals surface area contributed by atoms with Crippen molar-refractivity contribution in [2.45, 2.75) is 45.1 Å². The van der Waals surface area contributed by atoms with E-state index in [4.69, 9.17) is 0 Å². The number of rotatable bonds is 3. The van der Waals surface area contributed by atoms with Gasteiger partial charge in [0.2, 0.25) is 0 Å². The quantitative estimate of drug-likeness (QED) is 0.906. The third-order valence-electron chi connectivity index (χ3n) is 4.70. The fourth-order valence-corrected chi connectivity index (χ4v) is 3.30. The Balaban J connectivity index is 1.89. The van der Waals surface area contributed by atoms with Gasteiger partial charge in [-0.25, -0.2) is 0 Å². The molecule has 2 aromatic rings. The number of fused-ring (bicyclic) bond motifs is 1. The number of aromatic nitrogens is 1. The number of aliphatic hydroxyl groups is 1. The van der Waals surface area contributed by atoms with Crippen LogP contribution in [0.5, 0.6) is 0 Å². The number of nitrogens with zero attached hydrogens (tertiary/aromatic N) is 1. The topological polar surface area (TPSA) is 33.1 Å². The third-order valence-corrected chi connectivity index (χ3v) is 4.70. The molecule has 1 unspecified atom stereocenters. The predicted molar refractivity (Wildman–Crippen MR) is 78.0 cm³/mol. The number of pyridine rings is 1. The van der Waals surface area contributed by atoms with Crippen LogP contribution in [0.3, 0.4) is 0 Å². The fourth-order valence-electron chi connectivity index (χ4n) is 3.30. The molecule has 1 heterocycles. The summed E-state index contributed by atoms with van der Waals surface area (Å²) < 4.78 is 0. The fraction of sp³-hybridized carbons (Fsp3) is 0.471. The minimum atomic E-state index is -0.249. The van der Waals surface area contributed by atoms with E-state index in [0.717, 1.165) is 24.8 Å². The Morgan fingerprint density at radius 1 is 1.21 bits per heavy atom. The number of aliphatic hydroxyl groups excluding tert-OH is 1. The molecule has 0 amide bonds. The van der Waals surface area contributed by atoms with E-state index < -0.39 is 0 Å². The second-order valence-corrected chi connectivity index (χ2v) is 6.07. The zero-order valence-electron chi connectivity index (χ0n) is 11.5. The van der Waals surface area contributed by atoms with Gasteiger partial charge in [-0.3, -0.25) is 4.98 Å². The Labute approximate surface area is 114 Å². The lowest BCUT2D eigenvalue weighted by Gasteiger charge is -2.30. The first-order valence-corrected chi connectivity index (χ1v) is 7.20. The monoisotopic (exact) mass is 255 g/mol. The van der Waals surface area contributed by atoms with Crippen molar-refractivity contribution in [1.29, 1.82) is 0 Å². The molecule has 1 aromatic carbocycles. The number of hydrogen-bond donors (Lipinski definition) is 1. The average molecular weight is 255 g/mol. The van der Waals surface area contributed by atoms with E-state index in [-0.39, 0.29) is 11.5 Å². The smallest absolute Gasteiger partial charge is 0.0704 e. The molecule has 2 nitrogen and oxygen atoms in total. The van der Waals surface area contributed by atoms with Crippen LogP contribution in [0, 0.1) is 5.41 Å². The highest BCUT2D eigenvalue weighted by Gasteiger charge is 2.35. The van der Waals surface area contributed by atoms with Crippen LogP contribution in [0.25, 0.3) is 10.9 Å². The molecule has 1 aromatic heterocycles. The van der Waals surface area contributed by atoms with Crippen LogP contribution < -0.4 is 0 Å². The first kappa shape index (κ1) is 12.6. The number of benzene rings is 1. The van der Waals surface area contributed by atoms with Gasteiger partial charge in [0.05, 0.1) is 11.6 Å². The highest BCUT2D eigenvalue weighted by atomic mass is 16.3. The van der Waals surface area contributed by atoms with E-state index in [0.29, 0.717) is 0 Å². The van der Waals surface area contributed by atoms with Gasteiger partial charge in [-0.05, 0) is 42.4 Å². The molecule has 1 aliphatic carbocycles. The Morgan fingerprint density at radius 3 is 2.74 bits per heavy atom. The Hall–Kier alpha value is -1.41. The molecule has 0 spiro atoms. The summed E-state index contributed by atoms with van der Waals surface area (Å²) in [5, 5.41) is 11.8. The summed E-state index contributed by atoms with van der Waals surface area (Å²) in [6.07, 6.45) is 7.14. The van der Waals surface area contributed by atoms with Crippen molar-refractivity contribution < 1.29 is 5.11 Å². The minimum Gasteiger partial charge on any atom is -0.392 e. The summed E-state index contributed by atoms with van der Waals surface area (Å²) >= 11 is 0. The highest BCUT2D eigenvalue weighted by Crippen LogP contribution is 2.41. The summed E-state index contributed by atoms with van der Waals surface area (Å²) in [5.41, 5.74) is 2.33. The normalized spacial score (nSPS) is 19.7. The maximum atomic E-state index is 10.6. The third kappa shape index (κ3) is 2.37. The van der Waals surface area contributed by atoms with Crippen molar-refractivity contribution in [3.63, 3.8) is 0 Å². The van der Waals surface area contributed by atoms with Gasteiger partial charge in [-0.2, -0.15) is 0 Å². The van der Waals surface area contributed by atoms with Crippen LogP contribution in [-0.2, 0) is 6.42 Å². The molecular formula is C17H21NO. The van der Waals surface area contributed by atoms with Gasteiger partial charge in [0.1, 0.15) is 0 Å². The molecule has 1 aliphatic rings. The molecule has 0 saturated heterocycles. The highest BCUT2D eigenvalue weighted by molar-refractivity contribution is 5.81. The molecule has 1 saturated carbocycles. The molecule has 0 radical (unpaired) electrons. The number of para-hydroxylation sites is 1. The van der Waals surface area contributed by atoms with Crippen LogP contribution in [0.4, 0.5) is 0 Å². The van der Waals surface area contributed by atoms with Gasteiger partial charge in [-0.1, -0.05) is 38.0 Å². The van der Waals surface area contributed by atoms with Crippen molar-refractivity contribution in [3.8, 4) is 0 Å². The molecule has 3 rings (SSSR count). The van der Waals surface area contributed by atoms with Gasteiger partial charge in [0, 0.05) is 11.6 Å². The lowest BCUT2D eigenvalue weighted by atomic mass is 9.79. The summed E-state index contributed by atoms with van der Waals surface area (Å²) in [6, 6.07) is 10.2. The standard InChI is InChI=1S/C17H21NO/c1-17(9-4-5-10-17)16(19)12-13-8-11-18-15-7-3-2-6-14(13)15/h2-3,6-8,11,16,19H,4-5,9-10,12H2,1H3. The molecule has 100 valence electrons. The van der Waals surface area contributed by atoms with E-state index >= 15 is 0 Å². The first-order valence-electron chi connectivity index (χ1n) is 7.20. The molecule has 0 aliphatic heterocycles. The Kier molecular flexibility index (Phi) is 3.28. The van der Waals surface area contributed by atoms with Crippen LogP contribution in [-0.4, -0.2) is 16.2 Å². The summed E-state index contributed by atoms with van der Waals surface area (Å²) in [4.78, 5) is 4.38. The SMILES string of the molecule is CC1(C(O)Cc2ccnc3ccccc23)CCCC1. The van der Waals surface area contributed by atoms with Crippen molar-refractivity contribution in [3.05, 3.63) is 42.1 Å². The van der Waals surface area contributed by atoms with Gasteiger partial charge in [0.25, 0.3) is 0 Å². The van der Waals surface area contributed by atoms with E-state index in [1.807, 2.05) is 30.5 Å². The van der Waals surface area contributed by atoms with Crippen LogP contribution in [0.15, 0.2) is 36.5 Å². The molecule has 0 bridgehead atoms. The second kappa shape index (κ2) is 4.93. The summed E-state index contributed by atoms with van der Waals surface area (Å²) in [5.74, 6) is 0. The van der Waals surface area contributed by atoms with E-state index in [1.54, 1.807) is 0 Å².